The summed E-state index contributed by atoms with van der Waals surface area (Å²) < 4.78 is 39.7. The van der Waals surface area contributed by atoms with E-state index in [2.05, 4.69) is 25.7 Å². The van der Waals surface area contributed by atoms with Crippen LogP contribution in [0, 0.1) is 6.92 Å². The highest BCUT2D eigenvalue weighted by atomic mass is 35.5. The number of nitrogens with one attached hydrogen (secondary N) is 2. The van der Waals surface area contributed by atoms with E-state index in [4.69, 9.17) is 17.3 Å². The van der Waals surface area contributed by atoms with Gasteiger partial charge in [0.1, 0.15) is 17.1 Å². The standard InChI is InChI=1S/C25H19ClF3N7O3/c1-12-8-14(30)9-15(23(38)31-2)20(12)34-24(39)18-10-17(35-36(18)22-16(26)4-3-7-32-22)21(37)13-5-6-19(33-11-13)25(27,28)29/h3-11H,30H2,1-2H3,(H,31,38)(H,34,39). The van der Waals surface area contributed by atoms with Crippen LogP contribution in [-0.4, -0.2) is 44.4 Å². The Kier molecular flexibility index (Phi) is 7.36. The second kappa shape index (κ2) is 10.5. The normalized spacial score (nSPS) is 11.2. The van der Waals surface area contributed by atoms with Crippen molar-refractivity contribution >= 4 is 40.6 Å². The van der Waals surface area contributed by atoms with Gasteiger partial charge in [-0.25, -0.2) is 9.67 Å². The van der Waals surface area contributed by atoms with Crippen molar-refractivity contribution in [2.24, 2.45) is 0 Å². The minimum atomic E-state index is -4.68. The number of anilines is 2. The number of aryl methyl sites for hydroxylation is 1. The second-order valence-corrected chi connectivity index (χ2v) is 8.60. The van der Waals surface area contributed by atoms with Crippen LogP contribution < -0.4 is 16.4 Å². The summed E-state index contributed by atoms with van der Waals surface area (Å²) in [5, 5.41) is 9.39. The lowest BCUT2D eigenvalue weighted by Gasteiger charge is -2.15. The minimum absolute atomic E-state index is 0.00876. The first-order chi connectivity index (χ1) is 18.4. The summed E-state index contributed by atoms with van der Waals surface area (Å²) in [4.78, 5) is 46.5. The van der Waals surface area contributed by atoms with Crippen LogP contribution in [0.15, 0.2) is 54.9 Å². The van der Waals surface area contributed by atoms with Gasteiger partial charge in [0.25, 0.3) is 11.8 Å². The molecule has 0 fully saturated rings. The molecule has 10 nitrogen and oxygen atoms in total. The van der Waals surface area contributed by atoms with Crippen LogP contribution in [0.4, 0.5) is 24.5 Å². The van der Waals surface area contributed by atoms with E-state index in [1.54, 1.807) is 19.1 Å². The molecule has 4 N–H and O–H groups in total. The maximum atomic E-state index is 13.5. The first kappa shape index (κ1) is 27.3. The number of nitrogens with zero attached hydrogens (tertiary/aromatic N) is 4. The molecule has 0 atom stereocenters. The van der Waals surface area contributed by atoms with E-state index in [0.29, 0.717) is 17.3 Å². The fourth-order valence-corrected chi connectivity index (χ4v) is 3.87. The van der Waals surface area contributed by atoms with Gasteiger partial charge in [-0.15, -0.1) is 0 Å². The molecule has 0 unspecified atom stereocenters. The fourth-order valence-electron chi connectivity index (χ4n) is 3.66. The molecule has 0 bridgehead atoms. The lowest BCUT2D eigenvalue weighted by Crippen LogP contribution is -2.24. The third kappa shape index (κ3) is 5.57. The van der Waals surface area contributed by atoms with Crippen molar-refractivity contribution < 1.29 is 27.6 Å². The summed E-state index contributed by atoms with van der Waals surface area (Å²) in [6.45, 7) is 1.64. The number of hydrogen-bond donors (Lipinski definition) is 3. The van der Waals surface area contributed by atoms with Crippen LogP contribution in [0.2, 0.25) is 5.02 Å². The highest BCUT2D eigenvalue weighted by Crippen LogP contribution is 2.29. The number of benzene rings is 1. The van der Waals surface area contributed by atoms with Crippen molar-refractivity contribution in [3.05, 3.63) is 93.7 Å². The number of ketones is 1. The zero-order valence-electron chi connectivity index (χ0n) is 20.3. The Balaban J connectivity index is 1.79. The molecule has 0 aliphatic rings. The number of aromatic nitrogens is 4. The number of nitrogens with two attached hydrogens (primary N) is 1. The van der Waals surface area contributed by atoms with Crippen molar-refractivity contribution in [2.75, 3.05) is 18.1 Å². The molecule has 200 valence electrons. The highest BCUT2D eigenvalue weighted by Gasteiger charge is 2.32. The van der Waals surface area contributed by atoms with Gasteiger partial charge >= 0.3 is 6.18 Å². The number of pyridine rings is 2. The smallest absolute Gasteiger partial charge is 0.399 e. The van der Waals surface area contributed by atoms with Gasteiger partial charge in [-0.3, -0.25) is 19.4 Å². The molecular weight excluding hydrogens is 539 g/mol. The molecule has 0 aliphatic heterocycles. The van der Waals surface area contributed by atoms with Crippen molar-refractivity contribution in [1.29, 1.82) is 0 Å². The molecule has 0 spiro atoms. The van der Waals surface area contributed by atoms with E-state index >= 15 is 0 Å². The zero-order valence-corrected chi connectivity index (χ0v) is 21.1. The number of hydrogen-bond acceptors (Lipinski definition) is 7. The molecule has 4 rings (SSSR count). The Labute approximate surface area is 224 Å². The number of carbonyl (C=O) groups is 3. The second-order valence-electron chi connectivity index (χ2n) is 8.19. The summed E-state index contributed by atoms with van der Waals surface area (Å²) in [5.41, 5.74) is 5.06. The average molecular weight is 558 g/mol. The molecule has 0 saturated carbocycles. The SMILES string of the molecule is CNC(=O)c1cc(N)cc(C)c1NC(=O)c1cc(C(=O)c2ccc(C(F)(F)F)nc2)nn1-c1ncccc1Cl. The molecule has 39 heavy (non-hydrogen) atoms. The molecule has 4 aromatic rings. The number of carbonyl (C=O) groups excluding carboxylic acids is 3. The predicted molar refractivity (Wildman–Crippen MR) is 136 cm³/mol. The maximum absolute atomic E-state index is 13.5. The van der Waals surface area contributed by atoms with E-state index in [0.717, 1.165) is 23.0 Å². The predicted octanol–water partition coefficient (Wildman–Crippen LogP) is 4.07. The Bertz CT molecular complexity index is 1600. The van der Waals surface area contributed by atoms with E-state index < -0.39 is 29.5 Å². The van der Waals surface area contributed by atoms with Gasteiger partial charge in [-0.1, -0.05) is 11.6 Å². The number of rotatable bonds is 6. The van der Waals surface area contributed by atoms with Gasteiger partial charge in [0, 0.05) is 36.8 Å². The van der Waals surface area contributed by atoms with E-state index in [1.165, 1.54) is 25.4 Å². The Morgan fingerprint density at radius 1 is 1.05 bits per heavy atom. The van der Waals surface area contributed by atoms with Gasteiger partial charge in [-0.2, -0.15) is 18.3 Å². The van der Waals surface area contributed by atoms with Crippen molar-refractivity contribution in [3.63, 3.8) is 0 Å². The molecule has 14 heteroatoms. The van der Waals surface area contributed by atoms with Crippen LogP contribution in [-0.2, 0) is 6.18 Å². The summed E-state index contributed by atoms with van der Waals surface area (Å²) in [7, 11) is 1.42. The molecule has 2 amide bonds. The van der Waals surface area contributed by atoms with Crippen LogP contribution in [0.25, 0.3) is 5.82 Å². The van der Waals surface area contributed by atoms with E-state index in [-0.39, 0.29) is 39.0 Å². The molecule has 0 radical (unpaired) electrons. The molecule has 0 saturated heterocycles. The summed E-state index contributed by atoms with van der Waals surface area (Å²) in [5.74, 6) is -2.08. The molecular formula is C25H19ClF3N7O3. The maximum Gasteiger partial charge on any atom is 0.433 e. The van der Waals surface area contributed by atoms with Crippen LogP contribution in [0.5, 0.6) is 0 Å². The number of alkyl halides is 3. The summed E-state index contributed by atoms with van der Waals surface area (Å²) in [6.07, 6.45) is -2.53. The van der Waals surface area contributed by atoms with Crippen molar-refractivity contribution in [2.45, 2.75) is 13.1 Å². The minimum Gasteiger partial charge on any atom is -0.399 e. The Morgan fingerprint density at radius 2 is 1.79 bits per heavy atom. The van der Waals surface area contributed by atoms with Crippen molar-refractivity contribution in [1.82, 2.24) is 25.1 Å². The molecule has 1 aromatic carbocycles. The van der Waals surface area contributed by atoms with Crippen molar-refractivity contribution in [3.8, 4) is 5.82 Å². The molecule has 3 heterocycles. The molecule has 3 aromatic heterocycles. The Hall–Kier alpha value is -4.78. The number of halogens is 4. The van der Waals surface area contributed by atoms with Crippen LogP contribution in [0.1, 0.15) is 48.2 Å². The summed E-state index contributed by atoms with van der Waals surface area (Å²) >= 11 is 6.27. The summed E-state index contributed by atoms with van der Waals surface area (Å²) in [6, 6.07) is 8.73. The third-order valence-corrected chi connectivity index (χ3v) is 5.79. The average Bonchev–Trinajstić information content (AvgIpc) is 3.34. The third-order valence-electron chi connectivity index (χ3n) is 5.50. The van der Waals surface area contributed by atoms with E-state index in [9.17, 15) is 27.6 Å². The lowest BCUT2D eigenvalue weighted by molar-refractivity contribution is -0.141. The van der Waals surface area contributed by atoms with E-state index in [1.807, 2.05) is 0 Å². The zero-order chi connectivity index (χ0) is 28.5. The van der Waals surface area contributed by atoms with Crippen LogP contribution >= 0.6 is 11.6 Å². The fraction of sp³-hybridized carbons (Fsp3) is 0.120. The lowest BCUT2D eigenvalue weighted by atomic mass is 10.1. The van der Waals surface area contributed by atoms with Gasteiger partial charge < -0.3 is 16.4 Å². The number of amides is 2. The highest BCUT2D eigenvalue weighted by molar-refractivity contribution is 6.32. The first-order valence-corrected chi connectivity index (χ1v) is 11.5. The molecule has 0 aliphatic carbocycles. The van der Waals surface area contributed by atoms with Gasteiger partial charge in [0.2, 0.25) is 5.78 Å². The first-order valence-electron chi connectivity index (χ1n) is 11.1. The van der Waals surface area contributed by atoms with Gasteiger partial charge in [0.15, 0.2) is 5.82 Å². The monoisotopic (exact) mass is 557 g/mol. The van der Waals surface area contributed by atoms with Gasteiger partial charge in [-0.05, 0) is 48.9 Å². The number of nitrogen functional groups attached to an aromatic ring is 1. The van der Waals surface area contributed by atoms with Crippen LogP contribution in [0.3, 0.4) is 0 Å². The van der Waals surface area contributed by atoms with Gasteiger partial charge in [0.05, 0.1) is 16.3 Å². The topological polar surface area (TPSA) is 145 Å². The Morgan fingerprint density at radius 3 is 2.41 bits per heavy atom. The quantitative estimate of drug-likeness (QED) is 0.239. The largest absolute Gasteiger partial charge is 0.433 e.